The fraction of sp³-hybridized carbons (Fsp3) is 0.529. The predicted molar refractivity (Wildman–Crippen MR) is 86.0 cm³/mol. The zero-order valence-electron chi connectivity index (χ0n) is 13.7. The average molecular weight is 306 g/mol. The molecular weight excluding hydrogens is 280 g/mol. The van der Waals surface area contributed by atoms with Crippen molar-refractivity contribution in [1.29, 1.82) is 0 Å². The molecule has 2 atom stereocenters. The van der Waals surface area contributed by atoms with Gasteiger partial charge < -0.3 is 15.7 Å². The molecule has 1 rings (SSSR count). The second-order valence-corrected chi connectivity index (χ2v) is 6.00. The first-order valence-electron chi connectivity index (χ1n) is 7.61. The normalized spacial score (nSPS) is 15.0. The van der Waals surface area contributed by atoms with Crippen LogP contribution in [0.4, 0.5) is 0 Å². The quantitative estimate of drug-likeness (QED) is 0.670. The van der Waals surface area contributed by atoms with E-state index in [4.69, 9.17) is 0 Å². The fourth-order valence-corrected chi connectivity index (χ4v) is 2.17. The molecule has 0 aliphatic carbocycles. The molecule has 0 aromatic heterocycles. The molecule has 1 aromatic rings. The molecule has 0 fully saturated rings. The van der Waals surface area contributed by atoms with Gasteiger partial charge in [-0.3, -0.25) is 9.59 Å². The van der Waals surface area contributed by atoms with Crippen molar-refractivity contribution in [2.45, 2.75) is 52.3 Å². The first-order chi connectivity index (χ1) is 10.3. The van der Waals surface area contributed by atoms with Crippen LogP contribution in [0.2, 0.25) is 0 Å². The summed E-state index contributed by atoms with van der Waals surface area (Å²) in [5.41, 5.74) is -0.683. The van der Waals surface area contributed by atoms with Gasteiger partial charge in [0, 0.05) is 18.9 Å². The van der Waals surface area contributed by atoms with Crippen molar-refractivity contribution in [2.75, 3.05) is 0 Å². The highest BCUT2D eigenvalue weighted by Gasteiger charge is 2.40. The number of nitrogens with one attached hydrogen (secondary N) is 2. The molecular formula is C17H26N2O3. The molecule has 3 N–H and O–H groups in total. The minimum atomic E-state index is -1.88. The van der Waals surface area contributed by atoms with E-state index < -0.39 is 23.5 Å². The Labute approximate surface area is 132 Å². The summed E-state index contributed by atoms with van der Waals surface area (Å²) in [6, 6.07) is 9.89. The van der Waals surface area contributed by atoms with Gasteiger partial charge in [-0.2, -0.15) is 0 Å². The number of hydrogen-bond donors (Lipinski definition) is 3. The molecule has 0 saturated heterocycles. The monoisotopic (exact) mass is 306 g/mol. The van der Waals surface area contributed by atoms with Gasteiger partial charge in [0.25, 0.3) is 5.91 Å². The lowest BCUT2D eigenvalue weighted by atomic mass is 9.97. The first-order valence-corrected chi connectivity index (χ1v) is 7.61. The maximum Gasteiger partial charge on any atom is 0.273 e. The van der Waals surface area contributed by atoms with Crippen LogP contribution in [0, 0.1) is 5.92 Å². The van der Waals surface area contributed by atoms with Gasteiger partial charge in [-0.15, -0.1) is 0 Å². The number of aryl methyl sites for hydroxylation is 1. The maximum absolute atomic E-state index is 12.3. The van der Waals surface area contributed by atoms with E-state index in [2.05, 4.69) is 10.6 Å². The first kappa shape index (κ1) is 18.2. The Morgan fingerprint density at radius 3 is 2.27 bits per heavy atom. The number of carbonyl (C=O) groups is 2. The van der Waals surface area contributed by atoms with Crippen LogP contribution in [0.25, 0.3) is 0 Å². The minimum absolute atomic E-state index is 0.105. The second kappa shape index (κ2) is 7.94. The Kier molecular flexibility index (Phi) is 6.56. The summed E-state index contributed by atoms with van der Waals surface area (Å²) in [4.78, 5) is 23.5. The molecule has 0 heterocycles. The Balaban J connectivity index is 2.59. The van der Waals surface area contributed by atoms with Gasteiger partial charge in [0.05, 0.1) is 0 Å². The van der Waals surface area contributed by atoms with Crippen molar-refractivity contribution < 1.29 is 14.7 Å². The third-order valence-corrected chi connectivity index (χ3v) is 3.63. The zero-order valence-corrected chi connectivity index (χ0v) is 13.7. The minimum Gasteiger partial charge on any atom is -0.363 e. The Hall–Kier alpha value is -1.88. The van der Waals surface area contributed by atoms with Crippen molar-refractivity contribution >= 4 is 11.8 Å². The highest BCUT2D eigenvalue weighted by atomic mass is 16.3. The lowest BCUT2D eigenvalue weighted by molar-refractivity contribution is -0.155. The van der Waals surface area contributed by atoms with Crippen LogP contribution in [-0.2, 0) is 16.0 Å². The number of aliphatic hydroxyl groups is 1. The van der Waals surface area contributed by atoms with E-state index in [1.807, 2.05) is 37.3 Å². The molecule has 122 valence electrons. The lowest BCUT2D eigenvalue weighted by Gasteiger charge is -2.32. The van der Waals surface area contributed by atoms with Crippen LogP contribution in [0.15, 0.2) is 30.3 Å². The van der Waals surface area contributed by atoms with Crippen molar-refractivity contribution in [3.63, 3.8) is 0 Å². The number of carbonyl (C=O) groups excluding carboxylic acids is 2. The van der Waals surface area contributed by atoms with Crippen LogP contribution < -0.4 is 10.6 Å². The van der Waals surface area contributed by atoms with Crippen molar-refractivity contribution in [1.82, 2.24) is 10.6 Å². The van der Waals surface area contributed by atoms with Gasteiger partial charge in [0.15, 0.2) is 0 Å². The van der Waals surface area contributed by atoms with E-state index in [-0.39, 0.29) is 6.04 Å². The van der Waals surface area contributed by atoms with Crippen molar-refractivity contribution in [2.24, 2.45) is 5.92 Å². The van der Waals surface area contributed by atoms with Crippen LogP contribution in [0.5, 0.6) is 0 Å². The van der Waals surface area contributed by atoms with Gasteiger partial charge in [0.1, 0.15) is 0 Å². The molecule has 0 spiro atoms. The largest absolute Gasteiger partial charge is 0.363 e. The molecule has 5 nitrogen and oxygen atoms in total. The van der Waals surface area contributed by atoms with E-state index in [0.717, 1.165) is 12.8 Å². The molecule has 22 heavy (non-hydrogen) atoms. The summed E-state index contributed by atoms with van der Waals surface area (Å²) in [5.74, 6) is -1.45. The summed E-state index contributed by atoms with van der Waals surface area (Å²) in [6.07, 6.45) is 1.59. The number of hydrogen-bond acceptors (Lipinski definition) is 3. The topological polar surface area (TPSA) is 78.4 Å². The summed E-state index contributed by atoms with van der Waals surface area (Å²) >= 11 is 0. The Morgan fingerprint density at radius 2 is 1.77 bits per heavy atom. The fourth-order valence-electron chi connectivity index (χ4n) is 2.17. The third-order valence-electron chi connectivity index (χ3n) is 3.63. The molecule has 0 aliphatic heterocycles. The predicted octanol–water partition coefficient (Wildman–Crippen LogP) is 1.60. The van der Waals surface area contributed by atoms with Gasteiger partial charge in [-0.05, 0) is 25.3 Å². The van der Waals surface area contributed by atoms with E-state index in [9.17, 15) is 14.7 Å². The molecule has 5 heteroatoms. The Morgan fingerprint density at radius 1 is 1.18 bits per heavy atom. The molecule has 0 aliphatic rings. The molecule has 1 aromatic carbocycles. The standard InChI is InChI=1S/C17H26N2O3/c1-12(2)17(22,19-14(4)20)16(21)18-13(3)10-11-15-8-6-5-7-9-15/h5-9,12-13,22H,10-11H2,1-4H3,(H,18,21)(H,19,20)/t13-,17+/m0/s1. The van der Waals surface area contributed by atoms with Crippen LogP contribution >= 0.6 is 0 Å². The van der Waals surface area contributed by atoms with Crippen molar-refractivity contribution in [3.05, 3.63) is 35.9 Å². The molecule has 2 amide bonds. The van der Waals surface area contributed by atoms with Gasteiger partial charge in [-0.25, -0.2) is 0 Å². The lowest BCUT2D eigenvalue weighted by Crippen LogP contribution is -2.62. The summed E-state index contributed by atoms with van der Waals surface area (Å²) in [5, 5.41) is 15.5. The van der Waals surface area contributed by atoms with Crippen molar-refractivity contribution in [3.8, 4) is 0 Å². The number of rotatable bonds is 7. The van der Waals surface area contributed by atoms with Gasteiger partial charge >= 0.3 is 0 Å². The molecule has 0 bridgehead atoms. The zero-order chi connectivity index (χ0) is 16.8. The van der Waals surface area contributed by atoms with E-state index in [0.29, 0.717) is 0 Å². The van der Waals surface area contributed by atoms with E-state index in [1.165, 1.54) is 12.5 Å². The summed E-state index contributed by atoms with van der Waals surface area (Å²) < 4.78 is 0. The number of benzene rings is 1. The molecule has 0 radical (unpaired) electrons. The van der Waals surface area contributed by atoms with Crippen LogP contribution in [0.3, 0.4) is 0 Å². The van der Waals surface area contributed by atoms with Gasteiger partial charge in [-0.1, -0.05) is 44.2 Å². The van der Waals surface area contributed by atoms with Gasteiger partial charge in [0.2, 0.25) is 11.6 Å². The Bertz CT molecular complexity index is 502. The molecule has 0 unspecified atom stereocenters. The number of amides is 2. The highest BCUT2D eigenvalue weighted by Crippen LogP contribution is 2.15. The molecule has 0 saturated carbocycles. The second-order valence-electron chi connectivity index (χ2n) is 6.00. The smallest absolute Gasteiger partial charge is 0.273 e. The maximum atomic E-state index is 12.3. The SMILES string of the molecule is CC(=O)N[C@](O)(C(=O)N[C@@H](C)CCc1ccccc1)C(C)C. The highest BCUT2D eigenvalue weighted by molar-refractivity contribution is 5.89. The summed E-state index contributed by atoms with van der Waals surface area (Å²) in [7, 11) is 0. The summed E-state index contributed by atoms with van der Waals surface area (Å²) in [6.45, 7) is 6.53. The van der Waals surface area contributed by atoms with Crippen LogP contribution in [-0.4, -0.2) is 28.7 Å². The van der Waals surface area contributed by atoms with Crippen LogP contribution in [0.1, 0.15) is 39.7 Å². The third kappa shape index (κ3) is 5.15. The average Bonchev–Trinajstić information content (AvgIpc) is 2.45. The van der Waals surface area contributed by atoms with E-state index in [1.54, 1.807) is 13.8 Å². The van der Waals surface area contributed by atoms with E-state index >= 15 is 0 Å².